The molecule has 2 rings (SSSR count). The number of aromatic nitrogens is 1. The van der Waals surface area contributed by atoms with Crippen molar-refractivity contribution in [1.82, 2.24) is 4.98 Å². The van der Waals surface area contributed by atoms with Gasteiger partial charge in [0, 0.05) is 18.3 Å². The summed E-state index contributed by atoms with van der Waals surface area (Å²) >= 11 is 0. The molecule has 3 N–H and O–H groups in total. The molecule has 0 amide bonds. The van der Waals surface area contributed by atoms with E-state index in [4.69, 9.17) is 15.2 Å². The summed E-state index contributed by atoms with van der Waals surface area (Å²) in [5.41, 5.74) is 5.84. The smallest absolute Gasteiger partial charge is 0.262 e. The van der Waals surface area contributed by atoms with Gasteiger partial charge < -0.3 is 15.2 Å². The van der Waals surface area contributed by atoms with Crippen LogP contribution < -0.4 is 19.9 Å². The molecule has 0 atom stereocenters. The molecular formula is C13H15N3O4S. The van der Waals surface area contributed by atoms with Crippen molar-refractivity contribution in [2.24, 2.45) is 0 Å². The summed E-state index contributed by atoms with van der Waals surface area (Å²) in [5.74, 6) is 1.06. The van der Waals surface area contributed by atoms with E-state index in [-0.39, 0.29) is 10.7 Å². The minimum atomic E-state index is -3.75. The molecule has 0 bridgehead atoms. The Morgan fingerprint density at radius 3 is 2.43 bits per heavy atom. The fourth-order valence-electron chi connectivity index (χ4n) is 1.71. The normalized spacial score (nSPS) is 11.0. The first kappa shape index (κ1) is 14.9. The molecule has 0 aliphatic heterocycles. The molecule has 0 saturated heterocycles. The Bertz CT molecular complexity index is 747. The highest BCUT2D eigenvalue weighted by Gasteiger charge is 2.16. The van der Waals surface area contributed by atoms with Crippen molar-refractivity contribution in [3.8, 4) is 11.5 Å². The summed E-state index contributed by atoms with van der Waals surface area (Å²) in [6.45, 7) is 0. The van der Waals surface area contributed by atoms with Gasteiger partial charge in [-0.25, -0.2) is 13.4 Å². The van der Waals surface area contributed by atoms with Gasteiger partial charge in [0.1, 0.15) is 5.82 Å². The van der Waals surface area contributed by atoms with E-state index < -0.39 is 10.0 Å². The number of nitrogens with zero attached hydrogens (tertiary/aromatic N) is 1. The first-order chi connectivity index (χ1) is 9.96. The average molecular weight is 309 g/mol. The van der Waals surface area contributed by atoms with Gasteiger partial charge in [0.2, 0.25) is 0 Å². The molecule has 0 radical (unpaired) electrons. The summed E-state index contributed by atoms with van der Waals surface area (Å²) in [6, 6.07) is 7.35. The van der Waals surface area contributed by atoms with Gasteiger partial charge in [0.05, 0.1) is 24.8 Å². The number of sulfonamides is 1. The van der Waals surface area contributed by atoms with Crippen LogP contribution in [0.5, 0.6) is 11.5 Å². The third-order valence-electron chi connectivity index (χ3n) is 2.70. The zero-order valence-electron chi connectivity index (χ0n) is 11.5. The number of ether oxygens (including phenoxy) is 2. The van der Waals surface area contributed by atoms with Crippen molar-refractivity contribution in [2.75, 3.05) is 24.7 Å². The number of benzene rings is 1. The van der Waals surface area contributed by atoms with E-state index in [0.29, 0.717) is 17.2 Å². The summed E-state index contributed by atoms with van der Waals surface area (Å²) in [6.07, 6.45) is 1.33. The first-order valence-corrected chi connectivity index (χ1v) is 7.41. The fraction of sp³-hybridized carbons (Fsp3) is 0.154. The van der Waals surface area contributed by atoms with E-state index in [9.17, 15) is 8.42 Å². The molecule has 0 spiro atoms. The van der Waals surface area contributed by atoms with Gasteiger partial charge in [-0.05, 0) is 18.2 Å². The van der Waals surface area contributed by atoms with Crippen molar-refractivity contribution in [3.63, 3.8) is 0 Å². The van der Waals surface area contributed by atoms with Crippen LogP contribution in [0.25, 0.3) is 0 Å². The predicted octanol–water partition coefficient (Wildman–Crippen LogP) is 1.48. The van der Waals surface area contributed by atoms with Crippen molar-refractivity contribution in [3.05, 3.63) is 36.5 Å². The highest BCUT2D eigenvalue weighted by molar-refractivity contribution is 7.92. The number of anilines is 2. The predicted molar refractivity (Wildman–Crippen MR) is 79.0 cm³/mol. The van der Waals surface area contributed by atoms with Gasteiger partial charge in [-0.15, -0.1) is 0 Å². The van der Waals surface area contributed by atoms with E-state index >= 15 is 0 Å². The molecule has 0 aliphatic carbocycles. The van der Waals surface area contributed by atoms with Gasteiger partial charge in [-0.2, -0.15) is 0 Å². The summed E-state index contributed by atoms with van der Waals surface area (Å²) < 4.78 is 37.1. The maximum atomic E-state index is 12.2. The molecule has 0 aliphatic rings. The zero-order valence-corrected chi connectivity index (χ0v) is 12.3. The minimum absolute atomic E-state index is 0.0322. The molecule has 112 valence electrons. The maximum absolute atomic E-state index is 12.2. The van der Waals surface area contributed by atoms with Crippen LogP contribution in [-0.2, 0) is 10.0 Å². The molecular weight excluding hydrogens is 294 g/mol. The van der Waals surface area contributed by atoms with Gasteiger partial charge >= 0.3 is 0 Å². The van der Waals surface area contributed by atoms with Crippen molar-refractivity contribution in [1.29, 1.82) is 0 Å². The number of hydrogen-bond donors (Lipinski definition) is 2. The lowest BCUT2D eigenvalue weighted by Crippen LogP contribution is -2.13. The van der Waals surface area contributed by atoms with Gasteiger partial charge in [-0.1, -0.05) is 0 Å². The molecule has 21 heavy (non-hydrogen) atoms. The summed E-state index contributed by atoms with van der Waals surface area (Å²) in [7, 11) is -0.773. The Hall–Kier alpha value is -2.48. The number of rotatable bonds is 5. The van der Waals surface area contributed by atoms with E-state index in [0.717, 1.165) is 0 Å². The van der Waals surface area contributed by atoms with E-state index in [2.05, 4.69) is 9.71 Å². The van der Waals surface area contributed by atoms with Crippen LogP contribution in [0.1, 0.15) is 0 Å². The second kappa shape index (κ2) is 5.88. The largest absolute Gasteiger partial charge is 0.493 e. The Morgan fingerprint density at radius 1 is 1.10 bits per heavy atom. The van der Waals surface area contributed by atoms with Gasteiger partial charge in [-0.3, -0.25) is 4.72 Å². The molecule has 8 heteroatoms. The Kier molecular flexibility index (Phi) is 4.18. The van der Waals surface area contributed by atoms with Crippen LogP contribution in [-0.4, -0.2) is 27.6 Å². The van der Waals surface area contributed by atoms with Crippen LogP contribution >= 0.6 is 0 Å². The second-order valence-electron chi connectivity index (χ2n) is 4.09. The minimum Gasteiger partial charge on any atom is -0.493 e. The van der Waals surface area contributed by atoms with Crippen LogP contribution in [0.2, 0.25) is 0 Å². The second-order valence-corrected chi connectivity index (χ2v) is 5.77. The zero-order chi connectivity index (χ0) is 15.5. The molecule has 0 saturated carbocycles. The molecule has 1 heterocycles. The Labute approximate surface area is 122 Å². The number of nitrogens with two attached hydrogens (primary N) is 1. The molecule has 1 aromatic carbocycles. The van der Waals surface area contributed by atoms with E-state index in [1.165, 1.54) is 38.6 Å². The lowest BCUT2D eigenvalue weighted by atomic mass is 10.3. The van der Waals surface area contributed by atoms with Crippen LogP contribution in [0, 0.1) is 0 Å². The number of nitrogens with one attached hydrogen (secondary N) is 1. The molecule has 0 fully saturated rings. The monoisotopic (exact) mass is 309 g/mol. The molecule has 1 aromatic heterocycles. The first-order valence-electron chi connectivity index (χ1n) is 5.92. The number of nitrogen functional groups attached to an aromatic ring is 1. The maximum Gasteiger partial charge on any atom is 0.262 e. The van der Waals surface area contributed by atoms with Crippen LogP contribution in [0.15, 0.2) is 41.4 Å². The molecule has 0 unspecified atom stereocenters. The third-order valence-corrected chi connectivity index (χ3v) is 4.08. The lowest BCUT2D eigenvalue weighted by molar-refractivity contribution is 0.355. The van der Waals surface area contributed by atoms with Crippen molar-refractivity contribution >= 4 is 21.5 Å². The molecule has 7 nitrogen and oxygen atoms in total. The van der Waals surface area contributed by atoms with Crippen molar-refractivity contribution in [2.45, 2.75) is 4.90 Å². The lowest BCUT2D eigenvalue weighted by Gasteiger charge is -2.12. The standard InChI is InChI=1S/C13H15N3O4S/c1-19-11-4-3-9(7-12(11)20-2)16-21(17,18)10-5-6-15-13(14)8-10/h3-8,16H,1-2H3,(H2,14,15). The summed E-state index contributed by atoms with van der Waals surface area (Å²) in [4.78, 5) is 3.79. The van der Waals surface area contributed by atoms with Gasteiger partial charge in [0.25, 0.3) is 10.0 Å². The quantitative estimate of drug-likeness (QED) is 0.867. The van der Waals surface area contributed by atoms with Crippen LogP contribution in [0.4, 0.5) is 11.5 Å². The Morgan fingerprint density at radius 2 is 1.81 bits per heavy atom. The number of hydrogen-bond acceptors (Lipinski definition) is 6. The van der Waals surface area contributed by atoms with E-state index in [1.54, 1.807) is 12.1 Å². The summed E-state index contributed by atoms with van der Waals surface area (Å²) in [5, 5.41) is 0. The van der Waals surface area contributed by atoms with Crippen LogP contribution in [0.3, 0.4) is 0 Å². The topological polar surface area (TPSA) is 104 Å². The average Bonchev–Trinajstić information content (AvgIpc) is 2.46. The third kappa shape index (κ3) is 3.34. The SMILES string of the molecule is COc1ccc(NS(=O)(=O)c2ccnc(N)c2)cc1OC. The van der Waals surface area contributed by atoms with Gasteiger partial charge in [0.15, 0.2) is 11.5 Å². The Balaban J connectivity index is 2.33. The number of pyridine rings is 1. The molecule has 2 aromatic rings. The fourth-order valence-corrected chi connectivity index (χ4v) is 2.78. The number of methoxy groups -OCH3 is 2. The van der Waals surface area contributed by atoms with Crippen molar-refractivity contribution < 1.29 is 17.9 Å². The van der Waals surface area contributed by atoms with E-state index in [1.807, 2.05) is 0 Å². The highest BCUT2D eigenvalue weighted by atomic mass is 32.2. The highest BCUT2D eigenvalue weighted by Crippen LogP contribution is 2.30.